The first-order valence-corrected chi connectivity index (χ1v) is 9.84. The molecule has 0 bridgehead atoms. The van der Waals surface area contributed by atoms with Gasteiger partial charge in [0.1, 0.15) is 17.1 Å². The van der Waals surface area contributed by atoms with Crippen molar-refractivity contribution >= 4 is 16.9 Å². The molecule has 6 nitrogen and oxygen atoms in total. The maximum absolute atomic E-state index is 13.8. The van der Waals surface area contributed by atoms with Gasteiger partial charge in [0.15, 0.2) is 5.43 Å². The van der Waals surface area contributed by atoms with Gasteiger partial charge in [-0.05, 0) is 42.3 Å². The first kappa shape index (κ1) is 20.1. The molecule has 1 aliphatic heterocycles. The standard InChI is InChI=1S/C23H22FNO5/c1-3-10-29-16-6-4-5-14(12-16)20-19-21(26)17-13-15(24)7-8-18(17)30-22(19)23(27)25(20)9-11-28-2/h4-8,12-13,20H,3,9-11H2,1-2H3/t20-/m0/s1. The lowest BCUT2D eigenvalue weighted by atomic mass is 9.98. The van der Waals surface area contributed by atoms with E-state index in [4.69, 9.17) is 13.9 Å². The second-order valence-corrected chi connectivity index (χ2v) is 7.13. The maximum Gasteiger partial charge on any atom is 0.290 e. The first-order valence-electron chi connectivity index (χ1n) is 9.84. The monoisotopic (exact) mass is 411 g/mol. The summed E-state index contributed by atoms with van der Waals surface area (Å²) in [5.74, 6) is -0.296. The number of carbonyl (C=O) groups is 1. The highest BCUT2D eigenvalue weighted by Crippen LogP contribution is 2.38. The molecule has 0 N–H and O–H groups in total. The molecule has 0 aliphatic carbocycles. The number of benzene rings is 2. The molecule has 30 heavy (non-hydrogen) atoms. The van der Waals surface area contributed by atoms with Crippen LogP contribution in [0.25, 0.3) is 11.0 Å². The lowest BCUT2D eigenvalue weighted by Crippen LogP contribution is -2.32. The predicted molar refractivity (Wildman–Crippen MR) is 109 cm³/mol. The fourth-order valence-electron chi connectivity index (χ4n) is 3.75. The molecule has 4 rings (SSSR count). The topological polar surface area (TPSA) is 69.0 Å². The van der Waals surface area contributed by atoms with Crippen LogP contribution in [0, 0.1) is 5.82 Å². The van der Waals surface area contributed by atoms with Crippen LogP contribution < -0.4 is 10.2 Å². The molecular formula is C23H22FNO5. The molecule has 0 fully saturated rings. The summed E-state index contributed by atoms with van der Waals surface area (Å²) in [5, 5.41) is 0.110. The molecular weight excluding hydrogens is 389 g/mol. The van der Waals surface area contributed by atoms with Gasteiger partial charge >= 0.3 is 0 Å². The molecule has 0 saturated carbocycles. The zero-order valence-electron chi connectivity index (χ0n) is 16.8. The number of ether oxygens (including phenoxy) is 2. The van der Waals surface area contributed by atoms with Crippen molar-refractivity contribution in [1.29, 1.82) is 0 Å². The van der Waals surface area contributed by atoms with Gasteiger partial charge in [0.05, 0.1) is 30.2 Å². The van der Waals surface area contributed by atoms with Crippen LogP contribution in [-0.2, 0) is 4.74 Å². The Morgan fingerprint density at radius 1 is 1.13 bits per heavy atom. The Hall–Kier alpha value is -3.19. The third-order valence-electron chi connectivity index (χ3n) is 5.11. The normalized spacial score (nSPS) is 15.6. The summed E-state index contributed by atoms with van der Waals surface area (Å²) < 4.78 is 30.5. The van der Waals surface area contributed by atoms with Crippen LogP contribution in [0.1, 0.15) is 41.1 Å². The van der Waals surface area contributed by atoms with E-state index in [1.165, 1.54) is 12.1 Å². The number of carbonyl (C=O) groups excluding carboxylic acids is 1. The molecule has 1 atom stereocenters. The highest BCUT2D eigenvalue weighted by molar-refractivity contribution is 5.99. The van der Waals surface area contributed by atoms with E-state index >= 15 is 0 Å². The summed E-state index contributed by atoms with van der Waals surface area (Å²) in [5.41, 5.74) is 0.696. The number of hydrogen-bond acceptors (Lipinski definition) is 5. The second kappa shape index (κ2) is 8.28. The van der Waals surface area contributed by atoms with Gasteiger partial charge in [0.2, 0.25) is 5.76 Å². The van der Waals surface area contributed by atoms with Gasteiger partial charge in [0, 0.05) is 13.7 Å². The lowest BCUT2D eigenvalue weighted by Gasteiger charge is -2.25. The zero-order valence-corrected chi connectivity index (χ0v) is 16.8. The summed E-state index contributed by atoms with van der Waals surface area (Å²) in [6.07, 6.45) is 0.857. The van der Waals surface area contributed by atoms with Crippen molar-refractivity contribution in [3.8, 4) is 5.75 Å². The van der Waals surface area contributed by atoms with Crippen LogP contribution in [0.15, 0.2) is 51.7 Å². The fraction of sp³-hybridized carbons (Fsp3) is 0.304. The maximum atomic E-state index is 13.8. The van der Waals surface area contributed by atoms with Crippen molar-refractivity contribution in [3.63, 3.8) is 0 Å². The molecule has 0 spiro atoms. The van der Waals surface area contributed by atoms with E-state index in [2.05, 4.69) is 0 Å². The van der Waals surface area contributed by atoms with Gasteiger partial charge in [0.25, 0.3) is 5.91 Å². The van der Waals surface area contributed by atoms with Gasteiger partial charge in [-0.1, -0.05) is 19.1 Å². The molecule has 0 saturated heterocycles. The summed E-state index contributed by atoms with van der Waals surface area (Å²) in [4.78, 5) is 28.0. The Balaban J connectivity index is 1.90. The van der Waals surface area contributed by atoms with E-state index < -0.39 is 23.2 Å². The number of hydrogen-bond donors (Lipinski definition) is 0. The van der Waals surface area contributed by atoms with E-state index in [9.17, 15) is 14.0 Å². The van der Waals surface area contributed by atoms with Crippen LogP contribution in [-0.4, -0.2) is 37.7 Å². The Bertz CT molecular complexity index is 1160. The molecule has 3 aromatic rings. The highest BCUT2D eigenvalue weighted by atomic mass is 19.1. The zero-order chi connectivity index (χ0) is 21.3. The number of halogens is 1. The van der Waals surface area contributed by atoms with Crippen molar-refractivity contribution in [1.82, 2.24) is 4.90 Å². The largest absolute Gasteiger partial charge is 0.494 e. The molecule has 0 unspecified atom stereocenters. The van der Waals surface area contributed by atoms with Crippen LogP contribution >= 0.6 is 0 Å². The average Bonchev–Trinajstić information content (AvgIpc) is 3.03. The Morgan fingerprint density at radius 2 is 1.97 bits per heavy atom. The van der Waals surface area contributed by atoms with Crippen molar-refractivity contribution in [2.24, 2.45) is 0 Å². The molecule has 156 valence electrons. The van der Waals surface area contributed by atoms with E-state index in [0.29, 0.717) is 19.0 Å². The summed E-state index contributed by atoms with van der Waals surface area (Å²) in [7, 11) is 1.54. The molecule has 1 aromatic heterocycles. The Kier molecular flexibility index (Phi) is 5.55. The molecule has 0 radical (unpaired) electrons. The lowest BCUT2D eigenvalue weighted by molar-refractivity contribution is 0.0663. The van der Waals surface area contributed by atoms with E-state index in [0.717, 1.165) is 18.1 Å². The molecule has 7 heteroatoms. The fourth-order valence-corrected chi connectivity index (χ4v) is 3.75. The van der Waals surface area contributed by atoms with Crippen LogP contribution in [0.3, 0.4) is 0 Å². The molecule has 2 heterocycles. The predicted octanol–water partition coefficient (Wildman–Crippen LogP) is 3.91. The smallest absolute Gasteiger partial charge is 0.290 e. The second-order valence-electron chi connectivity index (χ2n) is 7.13. The third-order valence-corrected chi connectivity index (χ3v) is 5.11. The number of methoxy groups -OCH3 is 1. The van der Waals surface area contributed by atoms with Crippen molar-refractivity contribution in [3.05, 3.63) is 75.4 Å². The van der Waals surface area contributed by atoms with Crippen molar-refractivity contribution in [2.75, 3.05) is 26.9 Å². The number of nitrogens with zero attached hydrogens (tertiary/aromatic N) is 1. The van der Waals surface area contributed by atoms with Crippen LogP contribution in [0.4, 0.5) is 4.39 Å². The van der Waals surface area contributed by atoms with E-state index in [1.54, 1.807) is 12.0 Å². The van der Waals surface area contributed by atoms with Gasteiger partial charge < -0.3 is 18.8 Å². The summed E-state index contributed by atoms with van der Waals surface area (Å²) >= 11 is 0. The minimum atomic E-state index is -0.670. The SMILES string of the molecule is CCCOc1cccc([C@H]2c3c(oc4ccc(F)cc4c3=O)C(=O)N2CCOC)c1. The quantitative estimate of drug-likeness (QED) is 0.590. The number of rotatable bonds is 7. The van der Waals surface area contributed by atoms with Gasteiger partial charge in [-0.2, -0.15) is 0 Å². The average molecular weight is 411 g/mol. The third kappa shape index (κ3) is 3.45. The summed E-state index contributed by atoms with van der Waals surface area (Å²) in [6, 6.07) is 10.3. The molecule has 1 aliphatic rings. The number of fused-ring (bicyclic) bond motifs is 2. The van der Waals surface area contributed by atoms with Gasteiger partial charge in [-0.15, -0.1) is 0 Å². The Labute approximate surface area is 172 Å². The highest BCUT2D eigenvalue weighted by Gasteiger charge is 2.42. The minimum absolute atomic E-state index is 0.0138. The minimum Gasteiger partial charge on any atom is -0.494 e. The van der Waals surface area contributed by atoms with Crippen LogP contribution in [0.2, 0.25) is 0 Å². The van der Waals surface area contributed by atoms with Crippen molar-refractivity contribution in [2.45, 2.75) is 19.4 Å². The van der Waals surface area contributed by atoms with E-state index in [1.807, 2.05) is 31.2 Å². The van der Waals surface area contributed by atoms with Gasteiger partial charge in [-0.25, -0.2) is 4.39 Å². The number of amides is 1. The summed E-state index contributed by atoms with van der Waals surface area (Å²) in [6.45, 7) is 3.14. The molecule has 2 aromatic carbocycles. The molecule has 1 amide bonds. The van der Waals surface area contributed by atoms with Crippen molar-refractivity contribution < 1.29 is 23.1 Å². The van der Waals surface area contributed by atoms with Crippen LogP contribution in [0.5, 0.6) is 5.75 Å². The van der Waals surface area contributed by atoms with Gasteiger partial charge in [-0.3, -0.25) is 9.59 Å². The first-order chi connectivity index (χ1) is 14.5. The van der Waals surface area contributed by atoms with E-state index in [-0.39, 0.29) is 28.8 Å². The Morgan fingerprint density at radius 3 is 2.73 bits per heavy atom.